The molecule has 4 atom stereocenters. The minimum absolute atomic E-state index is 0.608. The van der Waals surface area contributed by atoms with Gasteiger partial charge in [0.15, 0.2) is 0 Å². The molecule has 0 N–H and O–H groups in total. The average Bonchev–Trinajstić information content (AvgIpc) is 2.60. The molecule has 2 aliphatic carbocycles. The van der Waals surface area contributed by atoms with E-state index in [9.17, 15) is 0 Å². The van der Waals surface area contributed by atoms with Crippen LogP contribution in [0.15, 0.2) is 0 Å². The molecule has 0 aromatic rings. The highest BCUT2D eigenvalue weighted by Gasteiger charge is 2.49. The molecular weight excluding hydrogens is 160 g/mol. The van der Waals surface area contributed by atoms with Crippen molar-refractivity contribution in [2.45, 2.75) is 46.1 Å². The summed E-state index contributed by atoms with van der Waals surface area (Å²) in [5.41, 5.74) is 0. The van der Waals surface area contributed by atoms with Crippen LogP contribution in [0.25, 0.3) is 0 Å². The molecule has 0 aliphatic heterocycles. The number of hydrogen-bond acceptors (Lipinski definition) is 1. The summed E-state index contributed by atoms with van der Waals surface area (Å²) in [7, 11) is 0. The molecule has 2 bridgehead atoms. The molecule has 0 heterocycles. The highest BCUT2D eigenvalue weighted by atomic mass is 16.5. The third-order valence-electron chi connectivity index (χ3n) is 4.07. The third kappa shape index (κ3) is 1.52. The Morgan fingerprint density at radius 3 is 2.62 bits per heavy atom. The molecule has 4 unspecified atom stereocenters. The van der Waals surface area contributed by atoms with Gasteiger partial charge < -0.3 is 4.74 Å². The molecule has 1 heteroatoms. The van der Waals surface area contributed by atoms with Gasteiger partial charge in [0.1, 0.15) is 0 Å². The van der Waals surface area contributed by atoms with Gasteiger partial charge >= 0.3 is 0 Å². The van der Waals surface area contributed by atoms with E-state index in [0.29, 0.717) is 6.10 Å². The van der Waals surface area contributed by atoms with Crippen LogP contribution in [-0.2, 0) is 4.74 Å². The fourth-order valence-electron chi connectivity index (χ4n) is 3.77. The van der Waals surface area contributed by atoms with Gasteiger partial charge in [-0.1, -0.05) is 13.8 Å². The summed E-state index contributed by atoms with van der Waals surface area (Å²) in [6.07, 6.45) is 4.85. The lowest BCUT2D eigenvalue weighted by Crippen LogP contribution is -2.23. The summed E-state index contributed by atoms with van der Waals surface area (Å²) in [4.78, 5) is 0. The van der Waals surface area contributed by atoms with Gasteiger partial charge in [0.25, 0.3) is 0 Å². The van der Waals surface area contributed by atoms with Gasteiger partial charge in [0.05, 0.1) is 6.10 Å². The van der Waals surface area contributed by atoms with Gasteiger partial charge in [0.2, 0.25) is 0 Å². The van der Waals surface area contributed by atoms with Crippen LogP contribution in [0.4, 0.5) is 0 Å². The van der Waals surface area contributed by atoms with Crippen molar-refractivity contribution in [3.63, 3.8) is 0 Å². The molecule has 2 aliphatic rings. The van der Waals surface area contributed by atoms with Crippen LogP contribution in [0, 0.1) is 23.7 Å². The second-order valence-electron chi connectivity index (χ2n) is 5.05. The Hall–Kier alpha value is -0.0400. The van der Waals surface area contributed by atoms with Crippen molar-refractivity contribution >= 4 is 0 Å². The zero-order chi connectivity index (χ0) is 9.42. The Labute approximate surface area is 81.9 Å². The molecule has 2 fully saturated rings. The Kier molecular flexibility index (Phi) is 2.64. The molecule has 0 radical (unpaired) electrons. The van der Waals surface area contributed by atoms with Crippen molar-refractivity contribution in [3.8, 4) is 0 Å². The number of ether oxygens (including phenoxy) is 1. The molecular formula is C12H22O. The number of fused-ring (bicyclic) bond motifs is 2. The van der Waals surface area contributed by atoms with Crippen LogP contribution >= 0.6 is 0 Å². The van der Waals surface area contributed by atoms with E-state index < -0.39 is 0 Å². The first-order valence-corrected chi connectivity index (χ1v) is 5.85. The lowest BCUT2D eigenvalue weighted by atomic mass is 9.86. The molecule has 0 aromatic carbocycles. The molecule has 2 rings (SSSR count). The van der Waals surface area contributed by atoms with Crippen LogP contribution in [0.1, 0.15) is 40.0 Å². The van der Waals surface area contributed by atoms with Crippen LogP contribution in [0.3, 0.4) is 0 Å². The van der Waals surface area contributed by atoms with Crippen molar-refractivity contribution in [1.29, 1.82) is 0 Å². The van der Waals surface area contributed by atoms with Crippen LogP contribution in [0.5, 0.6) is 0 Å². The van der Waals surface area contributed by atoms with E-state index in [0.717, 1.165) is 30.3 Å². The Balaban J connectivity index is 2.02. The van der Waals surface area contributed by atoms with Gasteiger partial charge in [-0.25, -0.2) is 0 Å². The molecule has 2 saturated carbocycles. The normalized spacial score (nSPS) is 43.4. The van der Waals surface area contributed by atoms with Gasteiger partial charge in [-0.05, 0) is 49.9 Å². The molecule has 0 aromatic heterocycles. The second-order valence-corrected chi connectivity index (χ2v) is 5.05. The largest absolute Gasteiger partial charge is 0.378 e. The minimum atomic E-state index is 0.608. The van der Waals surface area contributed by atoms with Gasteiger partial charge in [-0.15, -0.1) is 0 Å². The van der Waals surface area contributed by atoms with E-state index in [4.69, 9.17) is 4.74 Å². The average molecular weight is 182 g/mol. The topological polar surface area (TPSA) is 9.23 Å². The second kappa shape index (κ2) is 3.61. The van der Waals surface area contributed by atoms with Crippen molar-refractivity contribution in [2.24, 2.45) is 23.7 Å². The van der Waals surface area contributed by atoms with Gasteiger partial charge in [0, 0.05) is 6.61 Å². The lowest BCUT2D eigenvalue weighted by molar-refractivity contribution is 0.0182. The van der Waals surface area contributed by atoms with Gasteiger partial charge in [-0.3, -0.25) is 0 Å². The summed E-state index contributed by atoms with van der Waals surface area (Å²) in [5, 5.41) is 0. The highest BCUT2D eigenvalue weighted by molar-refractivity contribution is 4.98. The maximum atomic E-state index is 5.82. The Morgan fingerprint density at radius 2 is 2.08 bits per heavy atom. The number of rotatable bonds is 3. The van der Waals surface area contributed by atoms with Gasteiger partial charge in [-0.2, -0.15) is 0 Å². The molecule has 0 spiro atoms. The minimum Gasteiger partial charge on any atom is -0.378 e. The SMILES string of the molecule is CCOC1CC2CCC1C2C(C)C. The zero-order valence-electron chi connectivity index (χ0n) is 9.12. The maximum Gasteiger partial charge on any atom is 0.0608 e. The predicted octanol–water partition coefficient (Wildman–Crippen LogP) is 3.09. The van der Waals surface area contributed by atoms with E-state index in [2.05, 4.69) is 20.8 Å². The predicted molar refractivity (Wildman–Crippen MR) is 54.6 cm³/mol. The molecule has 76 valence electrons. The first kappa shape index (κ1) is 9.51. The molecule has 13 heavy (non-hydrogen) atoms. The van der Waals surface area contributed by atoms with E-state index in [-0.39, 0.29) is 0 Å². The number of hydrogen-bond donors (Lipinski definition) is 0. The van der Waals surface area contributed by atoms with E-state index in [1.807, 2.05) is 0 Å². The standard InChI is InChI=1S/C12H22O/c1-4-13-11-7-9-5-6-10(11)12(9)8(2)3/h8-12H,4-7H2,1-3H3. The molecule has 1 nitrogen and oxygen atoms in total. The zero-order valence-corrected chi connectivity index (χ0v) is 9.12. The maximum absolute atomic E-state index is 5.82. The first-order chi connectivity index (χ1) is 6.24. The summed E-state index contributed by atoms with van der Waals surface area (Å²) in [6.45, 7) is 7.78. The van der Waals surface area contributed by atoms with Crippen molar-refractivity contribution in [2.75, 3.05) is 6.61 Å². The third-order valence-corrected chi connectivity index (χ3v) is 4.07. The highest BCUT2D eigenvalue weighted by Crippen LogP contribution is 2.53. The van der Waals surface area contributed by atoms with Crippen molar-refractivity contribution in [3.05, 3.63) is 0 Å². The quantitative estimate of drug-likeness (QED) is 0.651. The smallest absolute Gasteiger partial charge is 0.0608 e. The van der Waals surface area contributed by atoms with Crippen molar-refractivity contribution in [1.82, 2.24) is 0 Å². The Bertz CT molecular complexity index is 176. The van der Waals surface area contributed by atoms with E-state index in [1.165, 1.54) is 19.3 Å². The lowest BCUT2D eigenvalue weighted by Gasteiger charge is -2.23. The van der Waals surface area contributed by atoms with Crippen LogP contribution < -0.4 is 0 Å². The van der Waals surface area contributed by atoms with Crippen LogP contribution in [0.2, 0.25) is 0 Å². The Morgan fingerprint density at radius 1 is 1.31 bits per heavy atom. The summed E-state index contributed by atoms with van der Waals surface area (Å²) in [6, 6.07) is 0. The fraction of sp³-hybridized carbons (Fsp3) is 1.00. The van der Waals surface area contributed by atoms with E-state index >= 15 is 0 Å². The first-order valence-electron chi connectivity index (χ1n) is 5.85. The summed E-state index contributed by atoms with van der Waals surface area (Å²) in [5.74, 6) is 3.71. The van der Waals surface area contributed by atoms with E-state index in [1.54, 1.807) is 0 Å². The fourth-order valence-corrected chi connectivity index (χ4v) is 3.77. The summed E-state index contributed by atoms with van der Waals surface area (Å²) >= 11 is 0. The van der Waals surface area contributed by atoms with Crippen LogP contribution in [-0.4, -0.2) is 12.7 Å². The monoisotopic (exact) mass is 182 g/mol. The molecule has 0 saturated heterocycles. The summed E-state index contributed by atoms with van der Waals surface area (Å²) < 4.78 is 5.82. The van der Waals surface area contributed by atoms with Crippen molar-refractivity contribution < 1.29 is 4.74 Å². The molecule has 0 amide bonds.